The quantitative estimate of drug-likeness (QED) is 0.557. The Balaban J connectivity index is 2.32. The molecule has 0 aliphatic carbocycles. The van der Waals surface area contributed by atoms with E-state index in [-0.39, 0.29) is 16.6 Å². The maximum absolute atomic E-state index is 11.4. The van der Waals surface area contributed by atoms with E-state index in [1.165, 1.54) is 6.07 Å². The van der Waals surface area contributed by atoms with E-state index >= 15 is 0 Å². The lowest BCUT2D eigenvalue weighted by Gasteiger charge is -2.15. The van der Waals surface area contributed by atoms with Crippen LogP contribution in [-0.2, 0) is 10.0 Å². The van der Waals surface area contributed by atoms with E-state index in [9.17, 15) is 8.42 Å². The van der Waals surface area contributed by atoms with Crippen LogP contribution in [0.5, 0.6) is 0 Å². The van der Waals surface area contributed by atoms with Crippen LogP contribution in [0, 0.1) is 0 Å². The van der Waals surface area contributed by atoms with Crippen LogP contribution in [0.15, 0.2) is 23.1 Å². The van der Waals surface area contributed by atoms with Gasteiger partial charge >= 0.3 is 0 Å². The lowest BCUT2D eigenvalue weighted by molar-refractivity contribution is 0.598. The molecular formula is C9H13N7O2S. The molecule has 2 aromatic rings. The molecule has 0 aliphatic rings. The highest BCUT2D eigenvalue weighted by Crippen LogP contribution is 2.28. The van der Waals surface area contributed by atoms with Gasteiger partial charge in [0, 0.05) is 0 Å². The second-order valence-corrected chi connectivity index (χ2v) is 5.43. The minimum absolute atomic E-state index is 0.0559. The van der Waals surface area contributed by atoms with Crippen molar-refractivity contribution in [3.8, 4) is 0 Å². The summed E-state index contributed by atoms with van der Waals surface area (Å²) in [5, 5.41) is 21.5. The van der Waals surface area contributed by atoms with Crippen LogP contribution in [-0.4, -0.2) is 29.0 Å². The van der Waals surface area contributed by atoms with E-state index in [4.69, 9.17) is 10.9 Å². The molecule has 2 rings (SSSR count). The molecule has 0 radical (unpaired) electrons. The highest BCUT2D eigenvalue weighted by molar-refractivity contribution is 7.89. The molecule has 0 aliphatic heterocycles. The fourth-order valence-corrected chi connectivity index (χ4v) is 2.25. The topological polar surface area (TPSA) is 153 Å². The maximum Gasteiger partial charge on any atom is 0.240 e. The number of H-pyrrole nitrogens is 1. The number of hydrogen-bond acceptors (Lipinski definition) is 7. The summed E-state index contributed by atoms with van der Waals surface area (Å²) in [5.41, 5.74) is 6.28. The molecule has 0 amide bonds. The van der Waals surface area contributed by atoms with Crippen molar-refractivity contribution in [2.24, 2.45) is 5.14 Å². The van der Waals surface area contributed by atoms with Gasteiger partial charge in [0.15, 0.2) is 5.82 Å². The number of nitrogens with one attached hydrogen (secondary N) is 2. The minimum Gasteiger partial charge on any atom is -0.396 e. The van der Waals surface area contributed by atoms with E-state index in [0.29, 0.717) is 11.5 Å². The van der Waals surface area contributed by atoms with Gasteiger partial charge in [-0.2, -0.15) is 5.21 Å². The van der Waals surface area contributed by atoms with Crippen LogP contribution >= 0.6 is 0 Å². The number of nitrogens with two attached hydrogens (primary N) is 2. The van der Waals surface area contributed by atoms with Crippen LogP contribution in [0.3, 0.4) is 0 Å². The Labute approximate surface area is 109 Å². The average Bonchev–Trinajstić information content (AvgIpc) is 2.83. The molecule has 0 saturated heterocycles. The number of aromatic nitrogens is 4. The largest absolute Gasteiger partial charge is 0.396 e. The molecule has 19 heavy (non-hydrogen) atoms. The fraction of sp³-hybridized carbons (Fsp3) is 0.222. The van der Waals surface area contributed by atoms with E-state index in [0.717, 1.165) is 0 Å². The SMILES string of the molecule is CC(Nc1cccc(S(N)(=O)=O)c1N)c1nn[nH]n1. The zero-order chi connectivity index (χ0) is 14.0. The van der Waals surface area contributed by atoms with Crippen LogP contribution in [0.1, 0.15) is 18.8 Å². The first-order valence-electron chi connectivity index (χ1n) is 5.30. The molecule has 0 saturated carbocycles. The summed E-state index contributed by atoms with van der Waals surface area (Å²) in [6, 6.07) is 4.23. The first-order chi connectivity index (χ1) is 8.89. The second-order valence-electron chi connectivity index (χ2n) is 3.90. The van der Waals surface area contributed by atoms with Crippen molar-refractivity contribution in [3.63, 3.8) is 0 Å². The van der Waals surface area contributed by atoms with E-state index < -0.39 is 10.0 Å². The number of rotatable bonds is 4. The molecule has 0 spiro atoms. The molecule has 9 nitrogen and oxygen atoms in total. The molecule has 1 aromatic heterocycles. The number of para-hydroxylation sites is 1. The first kappa shape index (κ1) is 13.2. The number of sulfonamides is 1. The van der Waals surface area contributed by atoms with Crippen LogP contribution in [0.2, 0.25) is 0 Å². The van der Waals surface area contributed by atoms with Gasteiger partial charge in [-0.1, -0.05) is 11.3 Å². The van der Waals surface area contributed by atoms with Gasteiger partial charge in [-0.05, 0) is 19.1 Å². The highest BCUT2D eigenvalue weighted by atomic mass is 32.2. The third-order valence-electron chi connectivity index (χ3n) is 2.49. The van der Waals surface area contributed by atoms with Gasteiger partial charge in [-0.15, -0.1) is 10.2 Å². The smallest absolute Gasteiger partial charge is 0.240 e. The van der Waals surface area contributed by atoms with Crippen molar-refractivity contribution >= 4 is 21.4 Å². The summed E-state index contributed by atoms with van der Waals surface area (Å²) in [4.78, 5) is -0.127. The Morgan fingerprint density at radius 1 is 1.42 bits per heavy atom. The van der Waals surface area contributed by atoms with Gasteiger partial charge < -0.3 is 11.1 Å². The Kier molecular flexibility index (Phi) is 3.36. The summed E-state index contributed by atoms with van der Waals surface area (Å²) < 4.78 is 22.7. The predicted molar refractivity (Wildman–Crippen MR) is 68.4 cm³/mol. The first-order valence-corrected chi connectivity index (χ1v) is 6.85. The lowest BCUT2D eigenvalue weighted by atomic mass is 10.2. The summed E-state index contributed by atoms with van der Waals surface area (Å²) in [6.45, 7) is 1.79. The third kappa shape index (κ3) is 2.80. The number of tetrazole rings is 1. The Bertz CT molecular complexity index is 668. The number of hydrogen-bond donors (Lipinski definition) is 4. The van der Waals surface area contributed by atoms with Gasteiger partial charge in [0.2, 0.25) is 10.0 Å². The zero-order valence-electron chi connectivity index (χ0n) is 10.0. The number of nitrogens with zero attached hydrogens (tertiary/aromatic N) is 3. The van der Waals surface area contributed by atoms with Crippen LogP contribution in [0.25, 0.3) is 0 Å². The van der Waals surface area contributed by atoms with Crippen molar-refractivity contribution < 1.29 is 8.42 Å². The molecule has 10 heteroatoms. The fourth-order valence-electron chi connectivity index (χ4n) is 1.57. The highest BCUT2D eigenvalue weighted by Gasteiger charge is 2.17. The van der Waals surface area contributed by atoms with Crippen molar-refractivity contribution in [1.29, 1.82) is 0 Å². The summed E-state index contributed by atoms with van der Waals surface area (Å²) in [5.74, 6) is 0.431. The van der Waals surface area contributed by atoms with Gasteiger partial charge in [-0.25, -0.2) is 13.6 Å². The molecule has 1 atom stereocenters. The standard InChI is InChI=1S/C9H13N7O2S/c1-5(9-13-15-16-14-9)12-6-3-2-4-7(8(6)10)19(11,17)18/h2-5,12H,10H2,1H3,(H2,11,17,18)(H,13,14,15,16). The molecule has 1 heterocycles. The number of nitrogen functional groups attached to an aromatic ring is 1. The van der Waals surface area contributed by atoms with Crippen molar-refractivity contribution in [1.82, 2.24) is 20.6 Å². The monoisotopic (exact) mass is 283 g/mol. The molecule has 102 valence electrons. The molecule has 1 aromatic carbocycles. The van der Waals surface area contributed by atoms with E-state index in [2.05, 4.69) is 25.9 Å². The molecule has 0 fully saturated rings. The molecular weight excluding hydrogens is 270 g/mol. The Morgan fingerprint density at radius 2 is 2.16 bits per heavy atom. The van der Waals surface area contributed by atoms with Crippen LogP contribution in [0.4, 0.5) is 11.4 Å². The van der Waals surface area contributed by atoms with Gasteiger partial charge in [0.25, 0.3) is 0 Å². The summed E-state index contributed by atoms with van der Waals surface area (Å²) in [6.07, 6.45) is 0. The normalized spacial score (nSPS) is 13.2. The summed E-state index contributed by atoms with van der Waals surface area (Å²) in [7, 11) is -3.86. The minimum atomic E-state index is -3.86. The Hall–Kier alpha value is -2.20. The van der Waals surface area contributed by atoms with E-state index in [1.54, 1.807) is 19.1 Å². The number of primary sulfonamides is 1. The molecule has 1 unspecified atom stereocenters. The lowest BCUT2D eigenvalue weighted by Crippen LogP contribution is -2.16. The van der Waals surface area contributed by atoms with Gasteiger partial charge in [-0.3, -0.25) is 0 Å². The Morgan fingerprint density at radius 3 is 2.74 bits per heavy atom. The van der Waals surface area contributed by atoms with Gasteiger partial charge in [0.05, 0.1) is 17.4 Å². The average molecular weight is 283 g/mol. The number of anilines is 2. The predicted octanol–water partition coefficient (Wildman–Crippen LogP) is -0.398. The number of aromatic amines is 1. The van der Waals surface area contributed by atoms with Crippen molar-refractivity contribution in [2.75, 3.05) is 11.1 Å². The second kappa shape index (κ2) is 4.82. The van der Waals surface area contributed by atoms with Crippen molar-refractivity contribution in [3.05, 3.63) is 24.0 Å². The number of benzene rings is 1. The van der Waals surface area contributed by atoms with E-state index in [1.807, 2.05) is 0 Å². The zero-order valence-corrected chi connectivity index (χ0v) is 10.8. The third-order valence-corrected chi connectivity index (χ3v) is 3.46. The molecule has 0 bridgehead atoms. The summed E-state index contributed by atoms with van der Waals surface area (Å²) >= 11 is 0. The maximum atomic E-state index is 11.4. The van der Waals surface area contributed by atoms with Crippen molar-refractivity contribution in [2.45, 2.75) is 17.9 Å². The van der Waals surface area contributed by atoms with Gasteiger partial charge in [0.1, 0.15) is 4.90 Å². The molecule has 6 N–H and O–H groups in total. The van der Waals surface area contributed by atoms with Crippen LogP contribution < -0.4 is 16.2 Å².